The van der Waals surface area contributed by atoms with E-state index in [1.807, 2.05) is 40.0 Å². The molecule has 0 radical (unpaired) electrons. The van der Waals surface area contributed by atoms with Crippen LogP contribution >= 0.6 is 0 Å². The standard InChI is InChI=1S/C20H27N3O4.Na.H2O/c1-13-15(7-10-23-17(13)16(12-21-23)18(24)25)11-14-5-8-22(9-6-14)19(26)27-20(2,3)4;;/h7,10,12,14H,5-6,8-9,11H2,1-4H3,(H,24,25);;1H2/q;+1;/p-1. The van der Waals surface area contributed by atoms with Gasteiger partial charge in [0, 0.05) is 19.3 Å². The van der Waals surface area contributed by atoms with Crippen molar-refractivity contribution < 1.29 is 54.5 Å². The van der Waals surface area contributed by atoms with Gasteiger partial charge in [-0.25, -0.2) is 14.1 Å². The Bertz CT molecular complexity index is 867. The Kier molecular flexibility index (Phi) is 8.71. The summed E-state index contributed by atoms with van der Waals surface area (Å²) in [6.07, 6.45) is 5.66. The van der Waals surface area contributed by atoms with E-state index in [0.29, 0.717) is 24.5 Å². The fourth-order valence-corrected chi connectivity index (χ4v) is 3.62. The van der Waals surface area contributed by atoms with Crippen LogP contribution in [0, 0.1) is 12.8 Å². The van der Waals surface area contributed by atoms with Gasteiger partial charge < -0.3 is 20.2 Å². The Morgan fingerprint density at radius 2 is 1.90 bits per heavy atom. The molecule has 29 heavy (non-hydrogen) atoms. The molecule has 0 unspecified atom stereocenters. The van der Waals surface area contributed by atoms with Crippen LogP contribution in [0.2, 0.25) is 0 Å². The molecule has 1 fully saturated rings. The molecule has 2 N–H and O–H groups in total. The van der Waals surface area contributed by atoms with Crippen LogP contribution < -0.4 is 29.6 Å². The average molecular weight is 413 g/mol. The summed E-state index contributed by atoms with van der Waals surface area (Å²) in [7, 11) is 0. The van der Waals surface area contributed by atoms with Gasteiger partial charge in [0.1, 0.15) is 11.2 Å². The van der Waals surface area contributed by atoms with Gasteiger partial charge in [0.15, 0.2) is 0 Å². The number of fused-ring (bicyclic) bond motifs is 1. The first kappa shape index (κ1) is 25.4. The molecule has 2 aromatic rings. The molecule has 1 saturated heterocycles. The maximum absolute atomic E-state index is 12.2. The molecule has 154 valence electrons. The van der Waals surface area contributed by atoms with Gasteiger partial charge >= 0.3 is 41.6 Å². The minimum absolute atomic E-state index is 0. The van der Waals surface area contributed by atoms with Crippen molar-refractivity contribution in [2.45, 2.75) is 52.6 Å². The monoisotopic (exact) mass is 413 g/mol. The maximum Gasteiger partial charge on any atom is 1.00 e. The molecule has 0 bridgehead atoms. The van der Waals surface area contributed by atoms with Crippen LogP contribution in [0.15, 0.2) is 18.5 Å². The van der Waals surface area contributed by atoms with E-state index in [0.717, 1.165) is 30.4 Å². The van der Waals surface area contributed by atoms with Gasteiger partial charge in [0.25, 0.3) is 0 Å². The van der Waals surface area contributed by atoms with Crippen LogP contribution in [0.3, 0.4) is 0 Å². The minimum Gasteiger partial charge on any atom is -0.870 e. The molecule has 0 saturated carbocycles. The molecule has 0 aromatic carbocycles. The number of aryl methyl sites for hydroxylation is 1. The average Bonchev–Trinajstić information content (AvgIpc) is 3.01. The Hall–Kier alpha value is -1.61. The second kappa shape index (κ2) is 9.93. The Morgan fingerprint density at radius 3 is 2.45 bits per heavy atom. The number of hydrogen-bond acceptors (Lipinski definition) is 5. The third-order valence-electron chi connectivity index (χ3n) is 5.05. The molecule has 3 heterocycles. The van der Waals surface area contributed by atoms with Crippen molar-refractivity contribution in [3.8, 4) is 0 Å². The van der Waals surface area contributed by atoms with Crippen molar-refractivity contribution in [1.82, 2.24) is 14.5 Å². The van der Waals surface area contributed by atoms with Gasteiger partial charge in [-0.1, -0.05) is 0 Å². The van der Waals surface area contributed by atoms with Crippen molar-refractivity contribution >= 4 is 17.6 Å². The smallest absolute Gasteiger partial charge is 0.870 e. The summed E-state index contributed by atoms with van der Waals surface area (Å²) in [5.41, 5.74) is 2.51. The number of piperidine rings is 1. The van der Waals surface area contributed by atoms with E-state index in [1.54, 1.807) is 9.42 Å². The molecule has 8 nitrogen and oxygen atoms in total. The van der Waals surface area contributed by atoms with E-state index in [-0.39, 0.29) is 46.7 Å². The van der Waals surface area contributed by atoms with Gasteiger partial charge in [-0.15, -0.1) is 0 Å². The summed E-state index contributed by atoms with van der Waals surface area (Å²) in [6.45, 7) is 8.95. The summed E-state index contributed by atoms with van der Waals surface area (Å²) >= 11 is 0. The second-order valence-corrected chi connectivity index (χ2v) is 8.24. The topological polar surface area (TPSA) is 114 Å². The maximum atomic E-state index is 12.2. The first-order chi connectivity index (χ1) is 12.7. The zero-order valence-electron chi connectivity index (χ0n) is 17.8. The molecular weight excluding hydrogens is 385 g/mol. The van der Waals surface area contributed by atoms with Crippen LogP contribution in [0.25, 0.3) is 5.52 Å². The molecular formula is C20H28N3NaO5. The molecule has 0 spiro atoms. The Labute approximate surface area is 192 Å². The zero-order chi connectivity index (χ0) is 19.8. The quantitative estimate of drug-likeness (QED) is 0.727. The van der Waals surface area contributed by atoms with Gasteiger partial charge in [0.2, 0.25) is 0 Å². The number of likely N-dealkylation sites (tertiary alicyclic amines) is 1. The fourth-order valence-electron chi connectivity index (χ4n) is 3.62. The third kappa shape index (κ3) is 5.94. The number of carbonyl (C=O) groups excluding carboxylic acids is 1. The molecule has 1 aliphatic rings. The zero-order valence-corrected chi connectivity index (χ0v) is 19.8. The number of nitrogens with zero attached hydrogens (tertiary/aromatic N) is 3. The molecule has 2 aromatic heterocycles. The number of rotatable bonds is 3. The van der Waals surface area contributed by atoms with Crippen molar-refractivity contribution in [2.75, 3.05) is 13.1 Å². The van der Waals surface area contributed by atoms with Crippen molar-refractivity contribution in [1.29, 1.82) is 0 Å². The van der Waals surface area contributed by atoms with Crippen molar-refractivity contribution in [3.05, 3.63) is 35.2 Å². The summed E-state index contributed by atoms with van der Waals surface area (Å²) in [4.78, 5) is 25.4. The van der Waals surface area contributed by atoms with Crippen LogP contribution in [0.4, 0.5) is 4.79 Å². The number of pyridine rings is 1. The number of aromatic carboxylic acids is 1. The summed E-state index contributed by atoms with van der Waals surface area (Å²) in [5, 5.41) is 13.5. The predicted molar refractivity (Wildman–Crippen MR) is 103 cm³/mol. The van der Waals surface area contributed by atoms with E-state index in [9.17, 15) is 14.7 Å². The number of ether oxygens (including phenoxy) is 1. The van der Waals surface area contributed by atoms with Crippen molar-refractivity contribution in [2.24, 2.45) is 5.92 Å². The second-order valence-electron chi connectivity index (χ2n) is 8.24. The van der Waals surface area contributed by atoms with E-state index in [2.05, 4.69) is 5.10 Å². The Balaban J connectivity index is 0.00000210. The number of carbonyl (C=O) groups is 2. The van der Waals surface area contributed by atoms with Crippen LogP contribution in [-0.4, -0.2) is 55.8 Å². The summed E-state index contributed by atoms with van der Waals surface area (Å²) in [5.74, 6) is -0.503. The predicted octanol–water partition coefficient (Wildman–Crippen LogP) is 0.358. The normalized spacial score (nSPS) is 14.8. The molecule has 1 aliphatic heterocycles. The van der Waals surface area contributed by atoms with Gasteiger partial charge in [0.05, 0.1) is 11.7 Å². The van der Waals surface area contributed by atoms with Crippen LogP contribution in [-0.2, 0) is 11.2 Å². The van der Waals surface area contributed by atoms with E-state index < -0.39 is 11.6 Å². The fraction of sp³-hybridized carbons (Fsp3) is 0.550. The van der Waals surface area contributed by atoms with Gasteiger partial charge in [-0.3, -0.25) is 0 Å². The van der Waals surface area contributed by atoms with Crippen LogP contribution in [0.1, 0.15) is 55.1 Å². The number of carboxylic acid groups (broad SMARTS) is 1. The number of hydrogen-bond donors (Lipinski definition) is 1. The first-order valence-electron chi connectivity index (χ1n) is 9.33. The third-order valence-corrected chi connectivity index (χ3v) is 5.05. The molecule has 0 atom stereocenters. The van der Waals surface area contributed by atoms with Gasteiger partial charge in [-0.05, 0) is 70.1 Å². The molecule has 3 rings (SSSR count). The molecule has 0 aliphatic carbocycles. The van der Waals surface area contributed by atoms with Gasteiger partial charge in [-0.2, -0.15) is 5.10 Å². The summed E-state index contributed by atoms with van der Waals surface area (Å²) < 4.78 is 7.06. The van der Waals surface area contributed by atoms with Crippen molar-refractivity contribution in [3.63, 3.8) is 0 Å². The Morgan fingerprint density at radius 1 is 1.28 bits per heavy atom. The van der Waals surface area contributed by atoms with E-state index in [4.69, 9.17) is 4.74 Å². The number of amides is 1. The summed E-state index contributed by atoms with van der Waals surface area (Å²) in [6, 6.07) is 2.02. The van der Waals surface area contributed by atoms with E-state index in [1.165, 1.54) is 6.20 Å². The molecule has 9 heteroatoms. The number of carboxylic acids is 1. The van der Waals surface area contributed by atoms with Crippen LogP contribution in [0.5, 0.6) is 0 Å². The first-order valence-corrected chi connectivity index (χ1v) is 9.33. The minimum atomic E-state index is -0.962. The number of aromatic nitrogens is 2. The SMILES string of the molecule is Cc1c(CC2CCN(C(=O)OC(C)(C)C)CC2)ccn2ncc(C(=O)O)c12.[Na+].[OH-]. The van der Waals surface area contributed by atoms with E-state index >= 15 is 0 Å². The molecule has 1 amide bonds. The largest absolute Gasteiger partial charge is 1.00 e.